The first-order chi connectivity index (χ1) is 24.8. The molecule has 1 heterocycles. The molecule has 5 aromatic rings. The van der Waals surface area contributed by atoms with Gasteiger partial charge in [0, 0.05) is 12.0 Å². The largest absolute Gasteiger partial charge is 0.493 e. The summed E-state index contributed by atoms with van der Waals surface area (Å²) in [6.45, 7) is 2.06. The third-order valence-corrected chi connectivity index (χ3v) is 10.2. The number of unbranched alkanes of at least 4 members (excludes halogenated alkanes) is 2. The molecule has 0 fully saturated rings. The number of rotatable bonds is 12. The highest BCUT2D eigenvalue weighted by molar-refractivity contribution is 7.91. The first-order valence-corrected chi connectivity index (χ1v) is 19.1. The van der Waals surface area contributed by atoms with E-state index in [1.165, 1.54) is 12.1 Å². The molecule has 0 amide bonds. The van der Waals surface area contributed by atoms with Gasteiger partial charge >= 0.3 is 0 Å². The summed E-state index contributed by atoms with van der Waals surface area (Å²) in [7, 11) is -9.99. The molecule has 0 unspecified atom stereocenters. The third kappa shape index (κ3) is 7.61. The van der Waals surface area contributed by atoms with Gasteiger partial charge < -0.3 is 5.11 Å². The van der Waals surface area contributed by atoms with Crippen LogP contribution in [0, 0.1) is 0 Å². The molecule has 0 aliphatic heterocycles. The Labute approximate surface area is 303 Å². The summed E-state index contributed by atoms with van der Waals surface area (Å²) in [5.74, 6) is -0.789. The second kappa shape index (κ2) is 14.7. The standard InChI is InChI=1S/C35H31ClN6O8S2/c1-2-3-5-14-30-38-26-17-15-22-19-29(52(48,49)50)32(34(43)31(22)33(26)42(30)41-25-13-9-8-12-24(25)36)40-39-27-20-23(16-18-28(27)51(45,46)47)37-35(44)21-10-6-4-7-11-21/h4,6-13,15-20,39,41H,2-3,5,14H2,1H3,(H,37,44)(H,45,46,47)(H,48,49,50)/b40-32-. The highest BCUT2D eigenvalue weighted by Crippen LogP contribution is 2.34. The zero-order valence-corrected chi connectivity index (χ0v) is 29.7. The fourth-order valence-electron chi connectivity index (χ4n) is 5.62. The Morgan fingerprint density at radius 2 is 1.63 bits per heavy atom. The van der Waals surface area contributed by atoms with E-state index < -0.39 is 53.1 Å². The minimum absolute atomic E-state index is 0.00849. The van der Waals surface area contributed by atoms with Gasteiger partial charge in [0.2, 0.25) is 11.7 Å². The van der Waals surface area contributed by atoms with Crippen LogP contribution in [0.1, 0.15) is 53.5 Å². The number of benzene rings is 4. The summed E-state index contributed by atoms with van der Waals surface area (Å²) in [5.41, 5.74) is 6.04. The Hall–Kier alpha value is -5.39. The van der Waals surface area contributed by atoms with Gasteiger partial charge in [0.25, 0.3) is 20.2 Å². The normalized spacial score (nSPS) is 14.4. The summed E-state index contributed by atoms with van der Waals surface area (Å²) >= 11 is 6.47. The summed E-state index contributed by atoms with van der Waals surface area (Å²) in [6, 6.07) is 21.6. The molecule has 14 nitrogen and oxygen atoms in total. The molecule has 0 saturated heterocycles. The summed E-state index contributed by atoms with van der Waals surface area (Å²) in [4.78, 5) is 21.7. The van der Waals surface area contributed by atoms with Crippen LogP contribution in [0.5, 0.6) is 0 Å². The van der Waals surface area contributed by atoms with Gasteiger partial charge in [-0.05, 0) is 66.6 Å². The van der Waals surface area contributed by atoms with E-state index in [9.17, 15) is 35.8 Å². The number of ketones is 1. The molecule has 52 heavy (non-hydrogen) atoms. The molecule has 268 valence electrons. The van der Waals surface area contributed by atoms with Crippen molar-refractivity contribution in [3.63, 3.8) is 0 Å². The Balaban J connectivity index is 1.50. The number of aliphatic hydroxyl groups excluding tert-OH is 1. The number of nitrogens with one attached hydrogen (secondary N) is 2. The van der Waals surface area contributed by atoms with E-state index >= 15 is 0 Å². The predicted octanol–water partition coefficient (Wildman–Crippen LogP) is 7.07. The van der Waals surface area contributed by atoms with E-state index in [4.69, 9.17) is 16.6 Å². The molecule has 5 N–H and O–H groups in total. The molecule has 0 atom stereocenters. The van der Waals surface area contributed by atoms with Crippen LogP contribution in [-0.2, 0) is 26.7 Å². The number of anilines is 2. The van der Waals surface area contributed by atoms with Crippen molar-refractivity contribution in [1.29, 1.82) is 0 Å². The average Bonchev–Trinajstić information content (AvgIpc) is 3.45. The second-order valence-electron chi connectivity index (χ2n) is 11.7. The number of allylic oxidation sites excluding steroid dienone is 1. The van der Waals surface area contributed by atoms with Crippen molar-refractivity contribution in [3.8, 4) is 0 Å². The highest BCUT2D eigenvalue weighted by atomic mass is 35.5. The van der Waals surface area contributed by atoms with E-state index in [1.807, 2.05) is 0 Å². The molecular formula is C35H31ClN6O8S2. The van der Waals surface area contributed by atoms with Crippen molar-refractivity contribution in [2.45, 2.75) is 37.5 Å². The number of fused-ring (bicyclic) bond motifs is 3. The molecule has 1 aliphatic carbocycles. The number of aromatic nitrogens is 2. The highest BCUT2D eigenvalue weighted by Gasteiger charge is 2.36. The predicted molar refractivity (Wildman–Crippen MR) is 200 cm³/mol. The molecule has 0 saturated carbocycles. The number of imidazole rings is 1. The quantitative estimate of drug-likeness (QED) is 0.0285. The Morgan fingerprint density at radius 3 is 2.33 bits per heavy atom. The summed E-state index contributed by atoms with van der Waals surface area (Å²) in [5, 5.41) is 14.9. The van der Waals surface area contributed by atoms with Gasteiger partial charge in [0.15, 0.2) is 5.71 Å². The molecule has 17 heteroatoms. The van der Waals surface area contributed by atoms with Crippen molar-refractivity contribution in [3.05, 3.63) is 117 Å². The molecule has 6 rings (SSSR count). The zero-order valence-electron chi connectivity index (χ0n) is 27.4. The van der Waals surface area contributed by atoms with E-state index in [0.29, 0.717) is 34.0 Å². The number of aliphatic hydroxyl groups is 1. The fourth-order valence-corrected chi connectivity index (χ4v) is 7.07. The topological polar surface area (TPSA) is 213 Å². The van der Waals surface area contributed by atoms with Crippen LogP contribution in [0.2, 0.25) is 5.02 Å². The maximum Gasteiger partial charge on any atom is 0.296 e. The number of aryl methyl sites for hydroxylation is 1. The van der Waals surface area contributed by atoms with Crippen LogP contribution in [0.25, 0.3) is 17.1 Å². The lowest BCUT2D eigenvalue weighted by Gasteiger charge is -2.19. The number of hydrogen-bond donors (Lipinski definition) is 5. The number of halogens is 1. The van der Waals surface area contributed by atoms with Gasteiger partial charge in [-0.3, -0.25) is 24.8 Å². The lowest BCUT2D eigenvalue weighted by atomic mass is 9.93. The van der Waals surface area contributed by atoms with Crippen LogP contribution in [0.15, 0.2) is 105 Å². The van der Waals surface area contributed by atoms with Gasteiger partial charge in [-0.25, -0.2) is 14.7 Å². The van der Waals surface area contributed by atoms with E-state index in [2.05, 4.69) is 27.9 Å². The van der Waals surface area contributed by atoms with Crippen LogP contribution in [0.4, 0.5) is 17.1 Å². The molecular weight excluding hydrogens is 732 g/mol. The minimum atomic E-state index is -5.08. The van der Waals surface area contributed by atoms with Crippen molar-refractivity contribution < 1.29 is 35.8 Å². The summed E-state index contributed by atoms with van der Waals surface area (Å²) < 4.78 is 71.7. The number of hydrazone groups is 1. The van der Waals surface area contributed by atoms with Crippen LogP contribution in [0.3, 0.4) is 0 Å². The Kier molecular flexibility index (Phi) is 10.3. The minimum Gasteiger partial charge on any atom is -0.493 e. The van der Waals surface area contributed by atoms with Gasteiger partial charge in [-0.2, -0.15) is 21.9 Å². The van der Waals surface area contributed by atoms with Gasteiger partial charge in [0.1, 0.15) is 21.1 Å². The van der Waals surface area contributed by atoms with Crippen molar-refractivity contribution in [2.24, 2.45) is 10.1 Å². The van der Waals surface area contributed by atoms with Gasteiger partial charge in [-0.1, -0.05) is 67.8 Å². The number of hydrogen-bond acceptors (Lipinski definition) is 10. The molecule has 4 aromatic carbocycles. The van der Waals surface area contributed by atoms with E-state index in [0.717, 1.165) is 37.5 Å². The number of carbonyl (C=O) groups is 1. The monoisotopic (exact) mass is 762 g/mol. The molecule has 0 radical (unpaired) electrons. The number of para-hydroxylation sites is 1. The van der Waals surface area contributed by atoms with E-state index in [1.54, 1.807) is 65.3 Å². The molecule has 1 aromatic heterocycles. The maximum absolute atomic E-state index is 14.4. The van der Waals surface area contributed by atoms with Crippen molar-refractivity contribution in [1.82, 2.24) is 9.66 Å². The van der Waals surface area contributed by atoms with Gasteiger partial charge in [0.05, 0.1) is 33.2 Å². The number of carbonyl (C=O) groups excluding carboxylic acids is 1. The Morgan fingerprint density at radius 1 is 0.904 bits per heavy atom. The lowest BCUT2D eigenvalue weighted by molar-refractivity contribution is 0.106. The zero-order chi connectivity index (χ0) is 37.2. The fraction of sp³-hybridized carbons (Fsp3) is 0.143. The average molecular weight is 763 g/mol. The number of nitrogens with zero attached hydrogens (tertiary/aromatic N) is 4. The smallest absolute Gasteiger partial charge is 0.296 e. The van der Waals surface area contributed by atoms with Crippen LogP contribution < -0.4 is 10.9 Å². The second-order valence-corrected chi connectivity index (χ2v) is 14.8. The molecule has 1 aliphatic rings. The summed E-state index contributed by atoms with van der Waals surface area (Å²) in [6.07, 6.45) is 4.24. The number of aliphatic imine (C=N–C) groups is 1. The van der Waals surface area contributed by atoms with E-state index in [-0.39, 0.29) is 22.3 Å². The number of Topliss-reactive ketones (excluding diaryl/α,β-unsaturated/α-hetero) is 1. The van der Waals surface area contributed by atoms with Crippen molar-refractivity contribution in [2.75, 3.05) is 10.9 Å². The SMILES string of the molecule is CCCCCc1nc2ccc3c(c2n1Nc1ccccc1Cl)C(=O)/C(=N\Nc1cc(N=C(O)c2ccccc2)ccc1S(=O)(=O)O)C(S(=O)(=O)O)=C3. The Bertz CT molecular complexity index is 2530. The van der Waals surface area contributed by atoms with Crippen molar-refractivity contribution >= 4 is 83.4 Å². The van der Waals surface area contributed by atoms with Gasteiger partial charge in [-0.15, -0.1) is 0 Å². The third-order valence-electron chi connectivity index (χ3n) is 8.07. The van der Waals surface area contributed by atoms with Crippen LogP contribution >= 0.6 is 11.6 Å². The first-order valence-electron chi connectivity index (χ1n) is 15.8. The molecule has 0 spiro atoms. The lowest BCUT2D eigenvalue weighted by Crippen LogP contribution is -2.28. The van der Waals surface area contributed by atoms with Crippen LogP contribution in [-0.4, -0.2) is 58.1 Å². The maximum atomic E-state index is 14.4. The first kappa shape index (κ1) is 36.4. The molecule has 0 bridgehead atoms.